The van der Waals surface area contributed by atoms with Crippen molar-refractivity contribution in [3.05, 3.63) is 105 Å². The van der Waals surface area contributed by atoms with Gasteiger partial charge in [0.2, 0.25) is 5.95 Å². The van der Waals surface area contributed by atoms with Crippen LogP contribution in [0, 0.1) is 0 Å². The highest BCUT2D eigenvalue weighted by atomic mass is 32.1. The van der Waals surface area contributed by atoms with E-state index in [9.17, 15) is 4.79 Å². The number of anilines is 2. The normalized spacial score (nSPS) is 14.9. The van der Waals surface area contributed by atoms with Crippen molar-refractivity contribution in [1.82, 2.24) is 14.9 Å². The molecule has 0 amide bonds. The van der Waals surface area contributed by atoms with E-state index in [1.165, 1.54) is 23.1 Å². The molecular weight excluding hydrogens is 498 g/mol. The molecule has 0 bridgehead atoms. The number of ketones is 1. The highest BCUT2D eigenvalue weighted by molar-refractivity contribution is 7.10. The van der Waals surface area contributed by atoms with E-state index < -0.39 is 0 Å². The van der Waals surface area contributed by atoms with E-state index in [4.69, 9.17) is 20.9 Å². The summed E-state index contributed by atoms with van der Waals surface area (Å²) in [6.45, 7) is 0.806. The fraction of sp³-hybridized carbons (Fsp3) is 0.207. The fourth-order valence-electron chi connectivity index (χ4n) is 4.86. The second kappa shape index (κ2) is 10.9. The van der Waals surface area contributed by atoms with E-state index in [1.807, 2.05) is 12.3 Å². The van der Waals surface area contributed by atoms with Crippen molar-refractivity contribution in [3.63, 3.8) is 0 Å². The Balaban J connectivity index is 1.47. The van der Waals surface area contributed by atoms with Gasteiger partial charge >= 0.3 is 0 Å². The van der Waals surface area contributed by atoms with Crippen LogP contribution in [0.5, 0.6) is 11.5 Å². The molecule has 0 spiro atoms. The van der Waals surface area contributed by atoms with Crippen LogP contribution >= 0.6 is 11.3 Å². The van der Waals surface area contributed by atoms with Crippen LogP contribution in [-0.4, -0.2) is 41.4 Å². The Morgan fingerprint density at radius 2 is 2.00 bits per heavy atom. The lowest BCUT2D eigenvalue weighted by molar-refractivity contribution is 0.104. The number of thiophene rings is 1. The standard InChI is InChI=1S/C29H29N5O3S/c1-36-24-16-18(14-20-17-32-29(31)33-28(20)30)15-22(27(24)37-2)23(35)10-12-34-11-9-19-6-3-4-7-21(19)26(34)25-8-5-13-38-25/h3-8,10,12-13,15-17,26H,9,11,14H2,1-2H3,(H4,30,31,32,33)/b12-10+. The average Bonchev–Trinajstić information content (AvgIpc) is 3.47. The molecule has 4 aromatic rings. The van der Waals surface area contributed by atoms with Gasteiger partial charge in [-0.25, -0.2) is 4.98 Å². The summed E-state index contributed by atoms with van der Waals surface area (Å²) in [5.41, 5.74) is 16.2. The smallest absolute Gasteiger partial charge is 0.221 e. The maximum atomic E-state index is 13.6. The SMILES string of the molecule is COc1cc(Cc2cnc(N)nc2N)cc(C(=O)/C=C/N2CCc3ccccc3C2c2cccs2)c1OC. The highest BCUT2D eigenvalue weighted by Gasteiger charge is 2.27. The van der Waals surface area contributed by atoms with Crippen LogP contribution in [0.1, 0.15) is 43.5 Å². The van der Waals surface area contributed by atoms with E-state index >= 15 is 0 Å². The van der Waals surface area contributed by atoms with Crippen molar-refractivity contribution < 1.29 is 14.3 Å². The number of hydrogen-bond donors (Lipinski definition) is 2. The predicted octanol–water partition coefficient (Wildman–Crippen LogP) is 4.65. The number of carbonyl (C=O) groups is 1. The summed E-state index contributed by atoms with van der Waals surface area (Å²) in [6.07, 6.45) is 6.41. The molecule has 9 heteroatoms. The Morgan fingerprint density at radius 3 is 2.74 bits per heavy atom. The third-order valence-electron chi connectivity index (χ3n) is 6.67. The third kappa shape index (κ3) is 5.05. The molecule has 1 atom stereocenters. The number of nitrogen functional groups attached to an aromatic ring is 2. The molecule has 1 unspecified atom stereocenters. The predicted molar refractivity (Wildman–Crippen MR) is 150 cm³/mol. The Morgan fingerprint density at radius 1 is 1.16 bits per heavy atom. The van der Waals surface area contributed by atoms with Crippen LogP contribution in [0.2, 0.25) is 0 Å². The molecular formula is C29H29N5O3S. The van der Waals surface area contributed by atoms with Crippen molar-refractivity contribution in [1.29, 1.82) is 0 Å². The van der Waals surface area contributed by atoms with E-state index in [-0.39, 0.29) is 17.8 Å². The Labute approximate surface area is 225 Å². The van der Waals surface area contributed by atoms with Gasteiger partial charge < -0.3 is 25.8 Å². The first-order valence-electron chi connectivity index (χ1n) is 12.2. The Hall–Kier alpha value is -4.37. The maximum absolute atomic E-state index is 13.6. The molecule has 4 N–H and O–H groups in total. The lowest BCUT2D eigenvalue weighted by atomic mass is 9.92. The minimum absolute atomic E-state index is 0.0558. The molecule has 1 aliphatic heterocycles. The summed E-state index contributed by atoms with van der Waals surface area (Å²) in [7, 11) is 3.07. The van der Waals surface area contributed by atoms with Crippen LogP contribution in [0.3, 0.4) is 0 Å². The minimum atomic E-state index is -0.188. The van der Waals surface area contributed by atoms with E-state index in [0.29, 0.717) is 34.9 Å². The first-order valence-corrected chi connectivity index (χ1v) is 13.1. The molecule has 0 aliphatic carbocycles. The largest absolute Gasteiger partial charge is 0.493 e. The lowest BCUT2D eigenvalue weighted by Gasteiger charge is -2.36. The number of nitrogens with zero attached hydrogens (tertiary/aromatic N) is 3. The van der Waals surface area contributed by atoms with Gasteiger partial charge in [-0.15, -0.1) is 11.3 Å². The molecule has 2 aromatic heterocycles. The molecule has 0 saturated heterocycles. The van der Waals surface area contributed by atoms with Crippen molar-refractivity contribution in [2.24, 2.45) is 0 Å². The topological polar surface area (TPSA) is 117 Å². The Kier molecular flexibility index (Phi) is 7.28. The molecule has 1 aliphatic rings. The van der Waals surface area contributed by atoms with Gasteiger partial charge in [-0.2, -0.15) is 4.98 Å². The number of hydrogen-bond acceptors (Lipinski definition) is 9. The maximum Gasteiger partial charge on any atom is 0.221 e. The van der Waals surface area contributed by atoms with Gasteiger partial charge in [-0.3, -0.25) is 4.79 Å². The van der Waals surface area contributed by atoms with Crippen LogP contribution in [0.25, 0.3) is 0 Å². The van der Waals surface area contributed by atoms with Crippen LogP contribution < -0.4 is 20.9 Å². The minimum Gasteiger partial charge on any atom is -0.493 e. The zero-order chi connectivity index (χ0) is 26.6. The van der Waals surface area contributed by atoms with E-state index in [0.717, 1.165) is 18.5 Å². The molecule has 0 radical (unpaired) electrons. The second-order valence-electron chi connectivity index (χ2n) is 8.98. The average molecular weight is 528 g/mol. The summed E-state index contributed by atoms with van der Waals surface area (Å²) in [5.74, 6) is 1.06. The van der Waals surface area contributed by atoms with Crippen molar-refractivity contribution in [3.8, 4) is 11.5 Å². The van der Waals surface area contributed by atoms with Crippen LogP contribution in [-0.2, 0) is 12.8 Å². The van der Waals surface area contributed by atoms with Gasteiger partial charge in [0.1, 0.15) is 5.82 Å². The first kappa shape index (κ1) is 25.3. The number of fused-ring (bicyclic) bond motifs is 1. The molecule has 8 nitrogen and oxygen atoms in total. The zero-order valence-electron chi connectivity index (χ0n) is 21.3. The van der Waals surface area contributed by atoms with E-state index in [2.05, 4.69) is 56.6 Å². The van der Waals surface area contributed by atoms with Gasteiger partial charge in [0.25, 0.3) is 0 Å². The number of allylic oxidation sites excluding steroid dienone is 1. The lowest BCUT2D eigenvalue weighted by Crippen LogP contribution is -2.31. The molecule has 38 heavy (non-hydrogen) atoms. The van der Waals surface area contributed by atoms with Gasteiger partial charge in [0.15, 0.2) is 17.3 Å². The number of benzene rings is 2. The first-order chi connectivity index (χ1) is 18.5. The van der Waals surface area contributed by atoms with Crippen molar-refractivity contribution in [2.45, 2.75) is 18.9 Å². The summed E-state index contributed by atoms with van der Waals surface area (Å²) in [5, 5.41) is 2.08. The zero-order valence-corrected chi connectivity index (χ0v) is 22.1. The van der Waals surface area contributed by atoms with Crippen LogP contribution in [0.4, 0.5) is 11.8 Å². The molecule has 5 rings (SSSR count). The molecule has 2 aromatic carbocycles. The number of methoxy groups -OCH3 is 2. The van der Waals surface area contributed by atoms with Gasteiger partial charge in [-0.05, 0) is 46.7 Å². The van der Waals surface area contributed by atoms with Crippen molar-refractivity contribution in [2.75, 3.05) is 32.2 Å². The van der Waals surface area contributed by atoms with Gasteiger partial charge in [0.05, 0.1) is 25.8 Å². The number of rotatable bonds is 8. The summed E-state index contributed by atoms with van der Waals surface area (Å²) < 4.78 is 11.2. The van der Waals surface area contributed by atoms with E-state index in [1.54, 1.807) is 36.8 Å². The summed E-state index contributed by atoms with van der Waals surface area (Å²) in [4.78, 5) is 25.1. The Bertz CT molecular complexity index is 1490. The second-order valence-corrected chi connectivity index (χ2v) is 9.96. The molecule has 0 fully saturated rings. The third-order valence-corrected chi connectivity index (χ3v) is 7.59. The fourth-order valence-corrected chi connectivity index (χ4v) is 5.72. The number of aromatic nitrogens is 2. The highest BCUT2D eigenvalue weighted by Crippen LogP contribution is 2.38. The number of nitrogens with two attached hydrogens (primary N) is 2. The van der Waals surface area contributed by atoms with Crippen LogP contribution in [0.15, 0.2) is 72.4 Å². The van der Waals surface area contributed by atoms with Gasteiger partial charge in [0, 0.05) is 41.9 Å². The summed E-state index contributed by atoms with van der Waals surface area (Å²) >= 11 is 1.72. The quantitative estimate of drug-likeness (QED) is 0.251. The molecule has 0 saturated carbocycles. The number of ether oxygens (including phenoxy) is 2. The monoisotopic (exact) mass is 527 g/mol. The summed E-state index contributed by atoms with van der Waals surface area (Å²) in [6, 6.07) is 16.4. The molecule has 3 heterocycles. The van der Waals surface area contributed by atoms with Crippen molar-refractivity contribution >= 4 is 28.9 Å². The molecule has 194 valence electrons. The van der Waals surface area contributed by atoms with Gasteiger partial charge in [-0.1, -0.05) is 30.3 Å². The number of carbonyl (C=O) groups excluding carboxylic acids is 1.